The van der Waals surface area contributed by atoms with Gasteiger partial charge in [-0.05, 0) is 36.8 Å². The Hall–Kier alpha value is -1.88. The highest BCUT2D eigenvalue weighted by Gasteiger charge is 1.94. The lowest BCUT2D eigenvalue weighted by Crippen LogP contribution is -1.89. The van der Waals surface area contributed by atoms with Gasteiger partial charge in [-0.25, -0.2) is 4.98 Å². The van der Waals surface area contributed by atoms with E-state index >= 15 is 0 Å². The standard InChI is InChI=1S/C11H11N3OS/c1-8-7-16-11(13-8)14-12-6-9-2-4-10(15)5-3-9/h2-7,15H,1H3,(H,13,14)/b12-6-. The van der Waals surface area contributed by atoms with Gasteiger partial charge in [-0.3, -0.25) is 5.43 Å². The van der Waals surface area contributed by atoms with Crippen LogP contribution in [0.25, 0.3) is 0 Å². The molecule has 1 aromatic carbocycles. The molecular weight excluding hydrogens is 222 g/mol. The number of nitrogens with one attached hydrogen (secondary N) is 1. The molecule has 2 N–H and O–H groups in total. The van der Waals surface area contributed by atoms with Crippen LogP contribution in [0.3, 0.4) is 0 Å². The molecule has 0 fully saturated rings. The van der Waals surface area contributed by atoms with Crippen molar-refractivity contribution in [2.75, 3.05) is 5.43 Å². The van der Waals surface area contributed by atoms with Crippen LogP contribution in [-0.2, 0) is 0 Å². The molecule has 2 rings (SSSR count). The van der Waals surface area contributed by atoms with Gasteiger partial charge in [0.1, 0.15) is 5.75 Å². The molecule has 2 aromatic rings. The van der Waals surface area contributed by atoms with E-state index in [1.807, 2.05) is 12.3 Å². The van der Waals surface area contributed by atoms with Crippen molar-refractivity contribution in [3.05, 3.63) is 40.9 Å². The molecule has 0 aliphatic rings. The lowest BCUT2D eigenvalue weighted by atomic mass is 10.2. The molecule has 0 aliphatic heterocycles. The maximum Gasteiger partial charge on any atom is 0.203 e. The molecule has 82 valence electrons. The molecule has 0 amide bonds. The van der Waals surface area contributed by atoms with Gasteiger partial charge >= 0.3 is 0 Å². The summed E-state index contributed by atoms with van der Waals surface area (Å²) in [5.41, 5.74) is 4.74. The van der Waals surface area contributed by atoms with E-state index in [2.05, 4.69) is 15.5 Å². The van der Waals surface area contributed by atoms with Gasteiger partial charge in [0.15, 0.2) is 0 Å². The summed E-state index contributed by atoms with van der Waals surface area (Å²) in [4.78, 5) is 4.21. The zero-order valence-corrected chi connectivity index (χ0v) is 9.53. The molecule has 4 nitrogen and oxygen atoms in total. The second kappa shape index (κ2) is 4.76. The maximum atomic E-state index is 9.09. The first-order valence-corrected chi connectivity index (χ1v) is 5.62. The Bertz CT molecular complexity index is 490. The number of nitrogens with zero attached hydrogens (tertiary/aromatic N) is 2. The molecule has 1 heterocycles. The van der Waals surface area contributed by atoms with E-state index in [-0.39, 0.29) is 5.75 Å². The highest BCUT2D eigenvalue weighted by Crippen LogP contribution is 2.14. The number of phenols is 1. The smallest absolute Gasteiger partial charge is 0.203 e. The van der Waals surface area contributed by atoms with Crippen molar-refractivity contribution >= 4 is 22.7 Å². The zero-order valence-electron chi connectivity index (χ0n) is 8.71. The number of hydrazone groups is 1. The number of aromatic hydroxyl groups is 1. The molecule has 5 heteroatoms. The molecule has 0 saturated heterocycles. The molecule has 0 aliphatic carbocycles. The predicted octanol–water partition coefficient (Wildman–Crippen LogP) is 2.60. The monoisotopic (exact) mass is 233 g/mol. The van der Waals surface area contributed by atoms with Crippen molar-refractivity contribution in [1.82, 2.24) is 4.98 Å². The number of thiazole rings is 1. The minimum Gasteiger partial charge on any atom is -0.508 e. The average molecular weight is 233 g/mol. The van der Waals surface area contributed by atoms with Crippen molar-refractivity contribution in [2.24, 2.45) is 5.10 Å². The summed E-state index contributed by atoms with van der Waals surface area (Å²) in [5, 5.41) is 15.9. The fraction of sp³-hybridized carbons (Fsp3) is 0.0909. The van der Waals surface area contributed by atoms with Gasteiger partial charge in [0.2, 0.25) is 5.13 Å². The lowest BCUT2D eigenvalue weighted by Gasteiger charge is -1.94. The number of phenolic OH excluding ortho intramolecular Hbond substituents is 1. The fourth-order valence-electron chi connectivity index (χ4n) is 1.13. The first-order chi connectivity index (χ1) is 7.74. The minimum absolute atomic E-state index is 0.251. The second-order valence-corrected chi connectivity index (χ2v) is 4.11. The van der Waals surface area contributed by atoms with Gasteiger partial charge in [-0.1, -0.05) is 0 Å². The highest BCUT2D eigenvalue weighted by molar-refractivity contribution is 7.13. The summed E-state index contributed by atoms with van der Waals surface area (Å²) in [6, 6.07) is 6.81. The topological polar surface area (TPSA) is 57.5 Å². The molecule has 0 bridgehead atoms. The predicted molar refractivity (Wildman–Crippen MR) is 66.2 cm³/mol. The summed E-state index contributed by atoms with van der Waals surface area (Å²) < 4.78 is 0. The quantitative estimate of drug-likeness (QED) is 0.633. The van der Waals surface area contributed by atoms with Crippen molar-refractivity contribution in [1.29, 1.82) is 0 Å². The normalized spacial score (nSPS) is 10.8. The SMILES string of the molecule is Cc1csc(N/N=C\c2ccc(O)cc2)n1. The van der Waals surface area contributed by atoms with E-state index in [4.69, 9.17) is 5.11 Å². The van der Waals surface area contributed by atoms with Gasteiger partial charge in [0.05, 0.1) is 11.9 Å². The Kier molecular flexibility index (Phi) is 3.16. The van der Waals surface area contributed by atoms with Crippen molar-refractivity contribution < 1.29 is 5.11 Å². The lowest BCUT2D eigenvalue weighted by molar-refractivity contribution is 0.475. The molecule has 0 atom stereocenters. The zero-order chi connectivity index (χ0) is 11.4. The molecule has 0 saturated carbocycles. The van der Waals surface area contributed by atoms with Crippen LogP contribution in [0.15, 0.2) is 34.7 Å². The summed E-state index contributed by atoms with van der Waals surface area (Å²) in [6.07, 6.45) is 1.68. The molecule has 0 unspecified atom stereocenters. The number of rotatable bonds is 3. The third-order valence-corrected chi connectivity index (χ3v) is 2.75. The Morgan fingerprint density at radius 2 is 2.12 bits per heavy atom. The second-order valence-electron chi connectivity index (χ2n) is 3.26. The fourth-order valence-corrected chi connectivity index (χ4v) is 1.76. The van der Waals surface area contributed by atoms with E-state index in [0.29, 0.717) is 0 Å². The Balaban J connectivity index is 1.97. The number of aryl methyl sites for hydroxylation is 1. The molecule has 1 aromatic heterocycles. The molecule has 0 radical (unpaired) electrons. The summed E-state index contributed by atoms with van der Waals surface area (Å²) >= 11 is 1.51. The minimum atomic E-state index is 0.251. The van der Waals surface area contributed by atoms with E-state index < -0.39 is 0 Å². The first-order valence-electron chi connectivity index (χ1n) is 4.74. The van der Waals surface area contributed by atoms with E-state index in [1.54, 1.807) is 30.5 Å². The Labute approximate surface area is 97.3 Å². The van der Waals surface area contributed by atoms with Crippen LogP contribution in [0.4, 0.5) is 5.13 Å². The average Bonchev–Trinajstić information content (AvgIpc) is 2.67. The number of hydrogen-bond acceptors (Lipinski definition) is 5. The van der Waals surface area contributed by atoms with Crippen molar-refractivity contribution in [2.45, 2.75) is 6.92 Å². The third kappa shape index (κ3) is 2.80. The van der Waals surface area contributed by atoms with Crippen molar-refractivity contribution in [3.63, 3.8) is 0 Å². The van der Waals surface area contributed by atoms with Crippen LogP contribution >= 0.6 is 11.3 Å². The van der Waals surface area contributed by atoms with Gasteiger partial charge in [0, 0.05) is 5.38 Å². The summed E-state index contributed by atoms with van der Waals surface area (Å²) in [6.45, 7) is 1.94. The highest BCUT2D eigenvalue weighted by atomic mass is 32.1. The van der Waals surface area contributed by atoms with Crippen LogP contribution in [0.5, 0.6) is 5.75 Å². The number of benzene rings is 1. The third-order valence-electron chi connectivity index (χ3n) is 1.89. The van der Waals surface area contributed by atoms with Gasteiger partial charge in [-0.15, -0.1) is 11.3 Å². The number of anilines is 1. The van der Waals surface area contributed by atoms with E-state index in [1.165, 1.54) is 11.3 Å². The molecule has 0 spiro atoms. The molecular formula is C11H11N3OS. The van der Waals surface area contributed by atoms with Crippen LogP contribution in [0, 0.1) is 6.92 Å². The number of aromatic nitrogens is 1. The summed E-state index contributed by atoms with van der Waals surface area (Å²) in [7, 11) is 0. The van der Waals surface area contributed by atoms with Crippen LogP contribution in [0.2, 0.25) is 0 Å². The molecule has 16 heavy (non-hydrogen) atoms. The van der Waals surface area contributed by atoms with E-state index in [0.717, 1.165) is 16.4 Å². The first kappa shape index (κ1) is 10.6. The van der Waals surface area contributed by atoms with Crippen LogP contribution in [0.1, 0.15) is 11.3 Å². The Morgan fingerprint density at radius 3 is 2.75 bits per heavy atom. The maximum absolute atomic E-state index is 9.09. The van der Waals surface area contributed by atoms with Crippen molar-refractivity contribution in [3.8, 4) is 5.75 Å². The Morgan fingerprint density at radius 1 is 1.38 bits per heavy atom. The van der Waals surface area contributed by atoms with Crippen LogP contribution in [-0.4, -0.2) is 16.3 Å². The number of hydrogen-bond donors (Lipinski definition) is 2. The van der Waals surface area contributed by atoms with Gasteiger partial charge in [0.25, 0.3) is 0 Å². The van der Waals surface area contributed by atoms with E-state index in [9.17, 15) is 0 Å². The summed E-state index contributed by atoms with van der Waals surface area (Å²) in [5.74, 6) is 0.251. The van der Waals surface area contributed by atoms with Crippen LogP contribution < -0.4 is 5.43 Å². The largest absolute Gasteiger partial charge is 0.508 e. The van der Waals surface area contributed by atoms with Gasteiger partial charge < -0.3 is 5.11 Å². The van der Waals surface area contributed by atoms with Gasteiger partial charge in [-0.2, -0.15) is 5.10 Å².